The molecule has 0 radical (unpaired) electrons. The average molecular weight is 471 g/mol. The molecule has 0 aliphatic carbocycles. The van der Waals surface area contributed by atoms with E-state index < -0.39 is 0 Å². The number of aryl methyl sites for hydroxylation is 2. The smallest absolute Gasteiger partial charge is 0.317 e. The third-order valence-corrected chi connectivity index (χ3v) is 7.07. The zero-order chi connectivity index (χ0) is 24.2. The van der Waals surface area contributed by atoms with Crippen molar-refractivity contribution in [3.63, 3.8) is 0 Å². The third-order valence-electron chi connectivity index (χ3n) is 7.07. The molecule has 3 heterocycles. The highest BCUT2D eigenvalue weighted by atomic mass is 16.5. The van der Waals surface area contributed by atoms with Gasteiger partial charge in [0.2, 0.25) is 0 Å². The highest BCUT2D eigenvalue weighted by molar-refractivity contribution is 5.74. The van der Waals surface area contributed by atoms with Crippen LogP contribution in [0.1, 0.15) is 40.7 Å². The van der Waals surface area contributed by atoms with Gasteiger partial charge in [0, 0.05) is 51.8 Å². The van der Waals surface area contributed by atoms with E-state index in [9.17, 15) is 4.79 Å². The monoisotopic (exact) mass is 470 g/mol. The Labute approximate surface area is 207 Å². The summed E-state index contributed by atoms with van der Waals surface area (Å²) in [6.07, 6.45) is 4.76. The van der Waals surface area contributed by atoms with E-state index in [1.807, 2.05) is 11.1 Å². The van der Waals surface area contributed by atoms with Crippen LogP contribution in [0, 0.1) is 13.8 Å². The molecular formula is C29H34N4O2. The number of piperidine rings is 1. The van der Waals surface area contributed by atoms with Gasteiger partial charge in [-0.25, -0.2) is 9.78 Å². The lowest BCUT2D eigenvalue weighted by Crippen LogP contribution is -2.46. The van der Waals surface area contributed by atoms with Crippen molar-refractivity contribution >= 4 is 11.8 Å². The van der Waals surface area contributed by atoms with Crippen molar-refractivity contribution in [3.05, 3.63) is 88.6 Å². The lowest BCUT2D eigenvalue weighted by atomic mass is 10.00. The maximum Gasteiger partial charge on any atom is 0.317 e. The van der Waals surface area contributed by atoms with Crippen LogP contribution in [-0.4, -0.2) is 41.7 Å². The van der Waals surface area contributed by atoms with Gasteiger partial charge in [0.05, 0.1) is 0 Å². The molecule has 0 spiro atoms. The van der Waals surface area contributed by atoms with Crippen LogP contribution in [0.3, 0.4) is 0 Å². The second-order valence-electron chi connectivity index (χ2n) is 9.70. The number of likely N-dealkylation sites (tertiary alicyclic amines) is 1. The van der Waals surface area contributed by atoms with Gasteiger partial charge in [-0.2, -0.15) is 0 Å². The fourth-order valence-corrected chi connectivity index (χ4v) is 4.88. The lowest BCUT2D eigenvalue weighted by molar-refractivity contribution is 0.110. The highest BCUT2D eigenvalue weighted by Gasteiger charge is 2.24. The maximum atomic E-state index is 12.7. The van der Waals surface area contributed by atoms with Gasteiger partial charge in [0.1, 0.15) is 17.7 Å². The van der Waals surface area contributed by atoms with Gasteiger partial charge in [0.25, 0.3) is 0 Å². The summed E-state index contributed by atoms with van der Waals surface area (Å²) in [5.74, 6) is 1.94. The molecule has 3 aromatic rings. The number of pyridine rings is 1. The zero-order valence-corrected chi connectivity index (χ0v) is 20.7. The van der Waals surface area contributed by atoms with Crippen molar-refractivity contribution in [2.45, 2.75) is 52.3 Å². The topological polar surface area (TPSA) is 57.7 Å². The molecule has 2 aliphatic heterocycles. The molecule has 1 aromatic heterocycles. The molecule has 182 valence electrons. The average Bonchev–Trinajstić information content (AvgIpc) is 2.90. The van der Waals surface area contributed by atoms with Crippen LogP contribution in [0.2, 0.25) is 0 Å². The standard InChI is InChI=1S/C29H34N4O2/c1-21-7-8-22(2)27(17-21)35-26-12-15-32(16-13-26)29(34)31-19-23-9-10-28(30-18-23)33-14-11-24-5-3-4-6-25(24)20-33/h3-10,17-18,26H,11-16,19-20H2,1-2H3,(H,31,34). The summed E-state index contributed by atoms with van der Waals surface area (Å²) in [5, 5.41) is 3.05. The first-order valence-corrected chi connectivity index (χ1v) is 12.6. The first kappa shape index (κ1) is 23.2. The highest BCUT2D eigenvalue weighted by Crippen LogP contribution is 2.25. The molecule has 0 atom stereocenters. The van der Waals surface area contributed by atoms with E-state index in [-0.39, 0.29) is 12.1 Å². The van der Waals surface area contributed by atoms with Crippen LogP contribution in [0.15, 0.2) is 60.8 Å². The number of amides is 2. The van der Waals surface area contributed by atoms with Gasteiger partial charge in [-0.1, -0.05) is 42.5 Å². The molecule has 0 unspecified atom stereocenters. The lowest BCUT2D eigenvalue weighted by Gasteiger charge is -2.32. The predicted octanol–water partition coefficient (Wildman–Crippen LogP) is 5.01. The molecular weight excluding hydrogens is 436 g/mol. The van der Waals surface area contributed by atoms with Gasteiger partial charge in [-0.05, 0) is 60.2 Å². The normalized spacial score (nSPS) is 16.1. The summed E-state index contributed by atoms with van der Waals surface area (Å²) in [6, 6.07) is 19.0. The molecule has 1 N–H and O–H groups in total. The number of nitrogens with zero attached hydrogens (tertiary/aromatic N) is 3. The second kappa shape index (κ2) is 10.4. The summed E-state index contributed by atoms with van der Waals surface area (Å²) in [6.45, 7) is 7.91. The van der Waals surface area contributed by atoms with E-state index in [1.165, 1.54) is 16.7 Å². The Morgan fingerprint density at radius 2 is 1.83 bits per heavy atom. The van der Waals surface area contributed by atoms with Gasteiger partial charge in [-0.3, -0.25) is 0 Å². The van der Waals surface area contributed by atoms with Crippen molar-refractivity contribution in [2.75, 3.05) is 24.5 Å². The second-order valence-corrected chi connectivity index (χ2v) is 9.70. The third kappa shape index (κ3) is 5.59. The van der Waals surface area contributed by atoms with E-state index in [1.54, 1.807) is 0 Å². The van der Waals surface area contributed by atoms with Crippen molar-refractivity contribution < 1.29 is 9.53 Å². The number of carbonyl (C=O) groups is 1. The number of urea groups is 1. The molecule has 5 rings (SSSR count). The summed E-state index contributed by atoms with van der Waals surface area (Å²) in [4.78, 5) is 21.6. The predicted molar refractivity (Wildman–Crippen MR) is 139 cm³/mol. The number of aromatic nitrogens is 1. The van der Waals surface area contributed by atoms with Gasteiger partial charge >= 0.3 is 6.03 Å². The van der Waals surface area contributed by atoms with Crippen molar-refractivity contribution in [2.24, 2.45) is 0 Å². The van der Waals surface area contributed by atoms with Crippen LogP contribution in [0.5, 0.6) is 5.75 Å². The number of carbonyl (C=O) groups excluding carboxylic acids is 1. The number of nitrogens with one attached hydrogen (secondary N) is 1. The molecule has 0 bridgehead atoms. The van der Waals surface area contributed by atoms with Crippen LogP contribution in [-0.2, 0) is 19.5 Å². The minimum absolute atomic E-state index is 0.0214. The van der Waals surface area contributed by atoms with E-state index in [0.29, 0.717) is 19.6 Å². The summed E-state index contributed by atoms with van der Waals surface area (Å²) in [7, 11) is 0. The fourth-order valence-electron chi connectivity index (χ4n) is 4.88. The van der Waals surface area contributed by atoms with Crippen LogP contribution < -0.4 is 15.0 Å². The Morgan fingerprint density at radius 1 is 1.03 bits per heavy atom. The molecule has 1 saturated heterocycles. The molecule has 2 aliphatic rings. The number of benzene rings is 2. The fraction of sp³-hybridized carbons (Fsp3) is 0.379. The molecule has 1 fully saturated rings. The Hall–Kier alpha value is -3.54. The van der Waals surface area contributed by atoms with E-state index in [4.69, 9.17) is 4.74 Å². The Kier molecular flexibility index (Phi) is 6.89. The van der Waals surface area contributed by atoms with Gasteiger partial charge in [-0.15, -0.1) is 0 Å². The number of anilines is 1. The minimum Gasteiger partial charge on any atom is -0.490 e. The van der Waals surface area contributed by atoms with Crippen LogP contribution in [0.4, 0.5) is 10.6 Å². The number of ether oxygens (including phenoxy) is 1. The van der Waals surface area contributed by atoms with E-state index in [2.05, 4.69) is 83.6 Å². The number of fused-ring (bicyclic) bond motifs is 1. The Balaban J connectivity index is 1.08. The molecule has 35 heavy (non-hydrogen) atoms. The molecule has 2 aromatic carbocycles. The van der Waals surface area contributed by atoms with Crippen LogP contribution >= 0.6 is 0 Å². The number of hydrogen-bond acceptors (Lipinski definition) is 4. The van der Waals surface area contributed by atoms with Gasteiger partial charge < -0.3 is 19.9 Å². The van der Waals surface area contributed by atoms with Gasteiger partial charge in [0.15, 0.2) is 0 Å². The quantitative estimate of drug-likeness (QED) is 0.569. The largest absolute Gasteiger partial charge is 0.490 e. The van der Waals surface area contributed by atoms with Crippen molar-refractivity contribution in [1.82, 2.24) is 15.2 Å². The molecule has 0 saturated carbocycles. The SMILES string of the molecule is Cc1ccc(C)c(OC2CCN(C(=O)NCc3ccc(N4CCc5ccccc5C4)nc3)CC2)c1. The van der Waals surface area contributed by atoms with E-state index >= 15 is 0 Å². The molecule has 2 amide bonds. The zero-order valence-electron chi connectivity index (χ0n) is 20.7. The van der Waals surface area contributed by atoms with Crippen molar-refractivity contribution in [3.8, 4) is 5.75 Å². The Morgan fingerprint density at radius 3 is 2.60 bits per heavy atom. The summed E-state index contributed by atoms with van der Waals surface area (Å²) < 4.78 is 6.23. The molecule has 6 heteroatoms. The Bertz CT molecular complexity index is 1170. The van der Waals surface area contributed by atoms with Crippen molar-refractivity contribution in [1.29, 1.82) is 0 Å². The van der Waals surface area contributed by atoms with E-state index in [0.717, 1.165) is 55.0 Å². The molecule has 6 nitrogen and oxygen atoms in total. The minimum atomic E-state index is -0.0214. The summed E-state index contributed by atoms with van der Waals surface area (Å²) >= 11 is 0. The first-order valence-electron chi connectivity index (χ1n) is 12.6. The number of hydrogen-bond donors (Lipinski definition) is 1. The maximum absolute atomic E-state index is 12.7. The summed E-state index contributed by atoms with van der Waals surface area (Å²) in [5.41, 5.74) is 6.17. The van der Waals surface area contributed by atoms with Crippen LogP contribution in [0.25, 0.3) is 0 Å². The number of rotatable bonds is 5. The first-order chi connectivity index (χ1) is 17.0.